The fraction of sp³-hybridized carbons (Fsp3) is 0.133. The van der Waals surface area contributed by atoms with Gasteiger partial charge in [-0.15, -0.1) is 0 Å². The summed E-state index contributed by atoms with van der Waals surface area (Å²) in [6.45, 7) is 0. The predicted octanol–water partition coefficient (Wildman–Crippen LogP) is 5.25. The van der Waals surface area contributed by atoms with E-state index in [1.807, 2.05) is 0 Å². The molecule has 0 aliphatic heterocycles. The van der Waals surface area contributed by atoms with Gasteiger partial charge in [0, 0.05) is 12.8 Å². The molecule has 104 valence electrons. The molecule has 0 saturated heterocycles. The SMILES string of the molecule is O=C(Cc1ccc(Cl)c(Cl)c1)Cc1ccc(F)c(Br)c1. The number of hydrogen-bond acceptors (Lipinski definition) is 1. The number of rotatable bonds is 4. The van der Waals surface area contributed by atoms with Crippen LogP contribution in [0.15, 0.2) is 40.9 Å². The topological polar surface area (TPSA) is 17.1 Å². The second-order valence-electron chi connectivity index (χ2n) is 4.39. The Balaban J connectivity index is 2.04. The number of halogens is 4. The van der Waals surface area contributed by atoms with Crippen molar-refractivity contribution in [1.29, 1.82) is 0 Å². The highest BCUT2D eigenvalue weighted by Gasteiger charge is 2.08. The number of carbonyl (C=O) groups excluding carboxylic acids is 1. The van der Waals surface area contributed by atoms with Gasteiger partial charge in [0.1, 0.15) is 11.6 Å². The summed E-state index contributed by atoms with van der Waals surface area (Å²) in [6, 6.07) is 9.68. The van der Waals surface area contributed by atoms with Crippen molar-refractivity contribution in [3.63, 3.8) is 0 Å². The largest absolute Gasteiger partial charge is 0.299 e. The lowest BCUT2D eigenvalue weighted by Gasteiger charge is -2.04. The molecule has 0 fully saturated rings. The Morgan fingerprint density at radius 1 is 1.00 bits per heavy atom. The van der Waals surface area contributed by atoms with Gasteiger partial charge in [-0.2, -0.15) is 0 Å². The van der Waals surface area contributed by atoms with E-state index in [1.54, 1.807) is 30.3 Å². The summed E-state index contributed by atoms with van der Waals surface area (Å²) in [5.41, 5.74) is 1.58. The Morgan fingerprint density at radius 3 is 2.20 bits per heavy atom. The Labute approximate surface area is 134 Å². The summed E-state index contributed by atoms with van der Waals surface area (Å²) in [4.78, 5) is 12.0. The van der Waals surface area contributed by atoms with Crippen LogP contribution in [0.2, 0.25) is 10.0 Å². The van der Waals surface area contributed by atoms with Crippen molar-refractivity contribution in [2.24, 2.45) is 0 Å². The molecule has 5 heteroatoms. The third-order valence-electron chi connectivity index (χ3n) is 2.77. The summed E-state index contributed by atoms with van der Waals surface area (Å²) in [6.07, 6.45) is 0.519. The standard InChI is InChI=1S/C15H10BrCl2FO/c16-12-7-9(2-4-15(12)19)5-11(20)6-10-1-3-13(17)14(18)8-10/h1-4,7-8H,5-6H2. The molecule has 2 aromatic carbocycles. The minimum Gasteiger partial charge on any atom is -0.299 e. The molecule has 0 radical (unpaired) electrons. The van der Waals surface area contributed by atoms with Crippen molar-refractivity contribution in [1.82, 2.24) is 0 Å². The quantitative estimate of drug-likeness (QED) is 0.713. The summed E-state index contributed by atoms with van der Waals surface area (Å²) in [5.74, 6) is -0.312. The van der Waals surface area contributed by atoms with E-state index in [0.29, 0.717) is 14.5 Å². The molecule has 0 amide bonds. The lowest BCUT2D eigenvalue weighted by Crippen LogP contribution is -2.06. The lowest BCUT2D eigenvalue weighted by atomic mass is 10.0. The van der Waals surface area contributed by atoms with Gasteiger partial charge in [-0.25, -0.2) is 4.39 Å². The Bertz CT molecular complexity index is 603. The molecule has 20 heavy (non-hydrogen) atoms. The maximum atomic E-state index is 13.1. The number of carbonyl (C=O) groups is 1. The third-order valence-corrected chi connectivity index (χ3v) is 4.12. The van der Waals surface area contributed by atoms with Crippen molar-refractivity contribution in [3.05, 3.63) is 67.9 Å². The molecule has 0 bridgehead atoms. The van der Waals surface area contributed by atoms with Crippen LogP contribution in [-0.2, 0) is 17.6 Å². The average Bonchev–Trinajstić information content (AvgIpc) is 2.38. The van der Waals surface area contributed by atoms with Gasteiger partial charge in [-0.05, 0) is 51.3 Å². The number of hydrogen-bond donors (Lipinski definition) is 0. The Hall–Kier alpha value is -0.900. The van der Waals surface area contributed by atoms with Crippen molar-refractivity contribution in [2.45, 2.75) is 12.8 Å². The van der Waals surface area contributed by atoms with E-state index in [-0.39, 0.29) is 24.4 Å². The van der Waals surface area contributed by atoms with Gasteiger partial charge < -0.3 is 0 Å². The molecule has 0 atom stereocenters. The van der Waals surface area contributed by atoms with Crippen LogP contribution >= 0.6 is 39.1 Å². The molecule has 0 heterocycles. The first-order chi connectivity index (χ1) is 9.45. The minimum absolute atomic E-state index is 0.0295. The van der Waals surface area contributed by atoms with E-state index in [0.717, 1.165) is 11.1 Å². The highest BCUT2D eigenvalue weighted by atomic mass is 79.9. The Morgan fingerprint density at radius 2 is 1.60 bits per heavy atom. The van der Waals surface area contributed by atoms with Crippen LogP contribution in [0.5, 0.6) is 0 Å². The fourth-order valence-electron chi connectivity index (χ4n) is 1.82. The molecule has 2 aromatic rings. The van der Waals surface area contributed by atoms with E-state index in [9.17, 15) is 9.18 Å². The monoisotopic (exact) mass is 374 g/mol. The molecule has 0 unspecified atom stereocenters. The second-order valence-corrected chi connectivity index (χ2v) is 6.06. The summed E-state index contributed by atoms with van der Waals surface area (Å²) in [7, 11) is 0. The lowest BCUT2D eigenvalue weighted by molar-refractivity contribution is -0.117. The highest BCUT2D eigenvalue weighted by Crippen LogP contribution is 2.23. The van der Waals surface area contributed by atoms with Crippen molar-refractivity contribution < 1.29 is 9.18 Å². The van der Waals surface area contributed by atoms with Gasteiger partial charge in [0.2, 0.25) is 0 Å². The van der Waals surface area contributed by atoms with Gasteiger partial charge in [-0.3, -0.25) is 4.79 Å². The van der Waals surface area contributed by atoms with Gasteiger partial charge in [0.25, 0.3) is 0 Å². The second kappa shape index (κ2) is 6.70. The van der Waals surface area contributed by atoms with Crippen LogP contribution < -0.4 is 0 Å². The van der Waals surface area contributed by atoms with Crippen LogP contribution in [0.25, 0.3) is 0 Å². The molecule has 1 nitrogen and oxygen atoms in total. The molecule has 0 saturated carbocycles. The van der Waals surface area contributed by atoms with E-state index >= 15 is 0 Å². The van der Waals surface area contributed by atoms with Crippen molar-refractivity contribution >= 4 is 44.9 Å². The predicted molar refractivity (Wildman–Crippen MR) is 83.0 cm³/mol. The first kappa shape index (κ1) is 15.5. The molecule has 0 N–H and O–H groups in total. The zero-order chi connectivity index (χ0) is 14.7. The summed E-state index contributed by atoms with van der Waals surface area (Å²) < 4.78 is 13.5. The first-order valence-electron chi connectivity index (χ1n) is 5.85. The smallest absolute Gasteiger partial charge is 0.141 e. The summed E-state index contributed by atoms with van der Waals surface area (Å²) >= 11 is 14.8. The fourth-order valence-corrected chi connectivity index (χ4v) is 2.56. The molecule has 0 aliphatic rings. The van der Waals surface area contributed by atoms with Gasteiger partial charge in [-0.1, -0.05) is 35.3 Å². The van der Waals surface area contributed by atoms with Crippen molar-refractivity contribution in [2.75, 3.05) is 0 Å². The number of ketones is 1. The van der Waals surface area contributed by atoms with E-state index < -0.39 is 0 Å². The molecular formula is C15H10BrCl2FO. The van der Waals surface area contributed by atoms with Crippen molar-refractivity contribution in [3.8, 4) is 0 Å². The molecule has 0 spiro atoms. The number of Topliss-reactive ketones (excluding diaryl/α,β-unsaturated/α-hetero) is 1. The van der Waals surface area contributed by atoms with Crippen LogP contribution in [0.4, 0.5) is 4.39 Å². The normalized spacial score (nSPS) is 10.6. The Kier molecular flexibility index (Phi) is 5.19. The van der Waals surface area contributed by atoms with Crippen LogP contribution in [0.1, 0.15) is 11.1 Å². The minimum atomic E-state index is -0.342. The van der Waals surface area contributed by atoms with Crippen LogP contribution in [0.3, 0.4) is 0 Å². The molecule has 0 aromatic heterocycles. The van der Waals surface area contributed by atoms with Crippen LogP contribution in [0, 0.1) is 5.82 Å². The number of benzene rings is 2. The first-order valence-corrected chi connectivity index (χ1v) is 7.40. The van der Waals surface area contributed by atoms with E-state index in [4.69, 9.17) is 23.2 Å². The van der Waals surface area contributed by atoms with E-state index in [1.165, 1.54) is 6.07 Å². The zero-order valence-electron chi connectivity index (χ0n) is 10.3. The third kappa shape index (κ3) is 4.05. The van der Waals surface area contributed by atoms with Crippen LogP contribution in [-0.4, -0.2) is 5.78 Å². The van der Waals surface area contributed by atoms with Gasteiger partial charge in [0.15, 0.2) is 0 Å². The maximum Gasteiger partial charge on any atom is 0.141 e. The molecular weight excluding hydrogens is 366 g/mol. The molecule has 2 rings (SSSR count). The van der Waals surface area contributed by atoms with Gasteiger partial charge >= 0.3 is 0 Å². The zero-order valence-corrected chi connectivity index (χ0v) is 13.4. The van der Waals surface area contributed by atoms with Gasteiger partial charge in [0.05, 0.1) is 14.5 Å². The van der Waals surface area contributed by atoms with E-state index in [2.05, 4.69) is 15.9 Å². The molecule has 0 aliphatic carbocycles. The average molecular weight is 376 g/mol. The maximum absolute atomic E-state index is 13.1. The highest BCUT2D eigenvalue weighted by molar-refractivity contribution is 9.10. The summed E-state index contributed by atoms with van der Waals surface area (Å²) in [5, 5.41) is 0.895.